The topological polar surface area (TPSA) is 41.6 Å². The Morgan fingerprint density at radius 2 is 1.86 bits per heavy atom. The van der Waals surface area contributed by atoms with Crippen molar-refractivity contribution in [2.45, 2.75) is 19.4 Å². The molecule has 5 heteroatoms. The average Bonchev–Trinajstić information content (AvgIpc) is 2.75. The molecule has 0 bridgehead atoms. The summed E-state index contributed by atoms with van der Waals surface area (Å²) in [5, 5.41) is 6.15. The molecule has 4 rings (SSSR count). The fourth-order valence-corrected chi connectivity index (χ4v) is 4.21. The first-order valence-electron chi connectivity index (χ1n) is 9.97. The lowest BCUT2D eigenvalue weighted by atomic mass is 9.95. The van der Waals surface area contributed by atoms with E-state index in [4.69, 9.17) is 16.3 Å². The van der Waals surface area contributed by atoms with Crippen LogP contribution in [0.3, 0.4) is 0 Å². The highest BCUT2D eigenvalue weighted by molar-refractivity contribution is 6.31. The van der Waals surface area contributed by atoms with Crippen molar-refractivity contribution in [3.8, 4) is 5.75 Å². The number of hydrogen-bond acceptors (Lipinski definition) is 3. The summed E-state index contributed by atoms with van der Waals surface area (Å²) in [4.78, 5) is 15.2. The number of carbonyl (C=O) groups excluding carboxylic acids is 1. The molecule has 0 saturated carbocycles. The fraction of sp³-hybridized carbons (Fsp3) is 0.292. The lowest BCUT2D eigenvalue weighted by Crippen LogP contribution is -2.37. The summed E-state index contributed by atoms with van der Waals surface area (Å²) >= 11 is 6.07. The Hall–Kier alpha value is -2.56. The second-order valence-corrected chi connectivity index (χ2v) is 7.96. The van der Waals surface area contributed by atoms with E-state index in [9.17, 15) is 4.79 Å². The summed E-state index contributed by atoms with van der Waals surface area (Å²) in [6.07, 6.45) is 1.69. The van der Waals surface area contributed by atoms with E-state index in [1.165, 1.54) is 16.3 Å². The van der Waals surface area contributed by atoms with Crippen molar-refractivity contribution in [2.75, 3.05) is 25.5 Å². The Bertz CT molecular complexity index is 1010. The van der Waals surface area contributed by atoms with Crippen LogP contribution in [0.25, 0.3) is 10.8 Å². The van der Waals surface area contributed by atoms with Gasteiger partial charge >= 0.3 is 0 Å². The summed E-state index contributed by atoms with van der Waals surface area (Å²) in [6.45, 7) is 2.74. The van der Waals surface area contributed by atoms with Gasteiger partial charge in [0.1, 0.15) is 5.75 Å². The summed E-state index contributed by atoms with van der Waals surface area (Å²) in [6, 6.07) is 20.2. The smallest absolute Gasteiger partial charge is 0.227 e. The molecule has 1 heterocycles. The number of halogens is 1. The molecule has 4 nitrogen and oxygen atoms in total. The van der Waals surface area contributed by atoms with E-state index in [0.29, 0.717) is 16.5 Å². The molecule has 1 amide bonds. The number of anilines is 1. The quantitative estimate of drug-likeness (QED) is 0.618. The number of hydrogen-bond donors (Lipinski definition) is 1. The van der Waals surface area contributed by atoms with Crippen LogP contribution in [0.2, 0.25) is 5.02 Å². The first kappa shape index (κ1) is 19.7. The molecule has 0 aromatic heterocycles. The molecule has 0 radical (unpaired) electrons. The molecule has 1 aliphatic heterocycles. The van der Waals surface area contributed by atoms with E-state index < -0.39 is 0 Å². The fourth-order valence-electron chi connectivity index (χ4n) is 4.04. The zero-order valence-electron chi connectivity index (χ0n) is 16.5. The summed E-state index contributed by atoms with van der Waals surface area (Å²) in [5.74, 6) is 0.661. The van der Waals surface area contributed by atoms with Crippen LogP contribution in [0.15, 0.2) is 60.7 Å². The molecule has 1 N–H and O–H groups in total. The average molecular weight is 409 g/mol. The number of ether oxygens (including phenoxy) is 1. The Morgan fingerprint density at radius 3 is 2.66 bits per heavy atom. The largest absolute Gasteiger partial charge is 0.495 e. The molecule has 3 aromatic rings. The number of nitrogens with zero attached hydrogens (tertiary/aromatic N) is 1. The van der Waals surface area contributed by atoms with E-state index in [0.717, 1.165) is 32.5 Å². The highest BCUT2D eigenvalue weighted by atomic mass is 35.5. The monoisotopic (exact) mass is 408 g/mol. The van der Waals surface area contributed by atoms with Gasteiger partial charge in [0.25, 0.3) is 0 Å². The number of piperidine rings is 1. The van der Waals surface area contributed by atoms with Gasteiger partial charge in [-0.05, 0) is 60.5 Å². The Balaban J connectivity index is 1.37. The first-order chi connectivity index (χ1) is 14.1. The zero-order chi connectivity index (χ0) is 20.2. The highest BCUT2D eigenvalue weighted by Gasteiger charge is 2.26. The molecule has 0 unspecified atom stereocenters. The minimum Gasteiger partial charge on any atom is -0.495 e. The molecule has 0 aliphatic carbocycles. The third-order valence-electron chi connectivity index (χ3n) is 5.65. The van der Waals surface area contributed by atoms with Crippen LogP contribution in [0.5, 0.6) is 5.75 Å². The molecule has 1 aliphatic rings. The number of amides is 1. The molecular weight excluding hydrogens is 384 g/mol. The molecule has 150 valence electrons. The second kappa shape index (κ2) is 8.85. The molecule has 1 fully saturated rings. The van der Waals surface area contributed by atoms with Crippen molar-refractivity contribution < 1.29 is 9.53 Å². The number of nitrogens with one attached hydrogen (secondary N) is 1. The van der Waals surface area contributed by atoms with Gasteiger partial charge in [-0.15, -0.1) is 0 Å². The summed E-state index contributed by atoms with van der Waals surface area (Å²) in [7, 11) is 1.59. The molecule has 0 spiro atoms. The predicted molar refractivity (Wildman–Crippen MR) is 119 cm³/mol. The Labute approximate surface area is 176 Å². The summed E-state index contributed by atoms with van der Waals surface area (Å²) < 4.78 is 5.33. The van der Waals surface area contributed by atoms with E-state index in [-0.39, 0.29) is 11.8 Å². The van der Waals surface area contributed by atoms with Crippen molar-refractivity contribution >= 4 is 34.0 Å². The van der Waals surface area contributed by atoms with Crippen molar-refractivity contribution in [3.63, 3.8) is 0 Å². The zero-order valence-corrected chi connectivity index (χ0v) is 17.3. The van der Waals surface area contributed by atoms with Crippen LogP contribution in [0.4, 0.5) is 5.69 Å². The lowest BCUT2D eigenvalue weighted by Gasteiger charge is -2.31. The van der Waals surface area contributed by atoms with Crippen LogP contribution < -0.4 is 10.1 Å². The number of fused-ring (bicyclic) bond motifs is 1. The Kier molecular flexibility index (Phi) is 6.02. The van der Waals surface area contributed by atoms with Crippen molar-refractivity contribution in [1.82, 2.24) is 4.90 Å². The van der Waals surface area contributed by atoms with Crippen molar-refractivity contribution in [1.29, 1.82) is 0 Å². The van der Waals surface area contributed by atoms with Crippen LogP contribution in [-0.4, -0.2) is 31.0 Å². The standard InChI is InChI=1S/C24H25ClN2O2/c1-29-23-10-9-20(25)15-22(23)26-24(28)18-11-13-27(14-12-18)16-19-7-4-6-17-5-2-3-8-21(17)19/h2-10,15,18H,11-14,16H2,1H3,(H,26,28). The van der Waals surface area contributed by atoms with E-state index in [1.807, 2.05) is 0 Å². The SMILES string of the molecule is COc1ccc(Cl)cc1NC(=O)C1CCN(Cc2cccc3ccccc23)CC1. The molecular formula is C24H25ClN2O2. The third kappa shape index (κ3) is 4.55. The maximum absolute atomic E-state index is 12.8. The van der Waals surface area contributed by atoms with E-state index in [2.05, 4.69) is 52.7 Å². The van der Waals surface area contributed by atoms with Crippen LogP contribution in [-0.2, 0) is 11.3 Å². The predicted octanol–water partition coefficient (Wildman–Crippen LogP) is 5.35. The van der Waals surface area contributed by atoms with Gasteiger partial charge in [0, 0.05) is 17.5 Å². The van der Waals surface area contributed by atoms with Gasteiger partial charge in [-0.3, -0.25) is 9.69 Å². The van der Waals surface area contributed by atoms with Gasteiger partial charge < -0.3 is 10.1 Å². The van der Waals surface area contributed by atoms with E-state index >= 15 is 0 Å². The van der Waals surface area contributed by atoms with Crippen molar-refractivity contribution in [3.05, 3.63) is 71.2 Å². The van der Waals surface area contributed by atoms with Gasteiger partial charge in [-0.25, -0.2) is 0 Å². The van der Waals surface area contributed by atoms with Gasteiger partial charge in [0.2, 0.25) is 5.91 Å². The second-order valence-electron chi connectivity index (χ2n) is 7.52. The van der Waals surface area contributed by atoms with Crippen molar-refractivity contribution in [2.24, 2.45) is 5.92 Å². The molecule has 0 atom stereocenters. The normalized spacial score (nSPS) is 15.4. The maximum atomic E-state index is 12.8. The number of methoxy groups -OCH3 is 1. The van der Waals surface area contributed by atoms with Gasteiger partial charge in [-0.2, -0.15) is 0 Å². The number of carbonyl (C=O) groups is 1. The molecule has 3 aromatic carbocycles. The Morgan fingerprint density at radius 1 is 1.10 bits per heavy atom. The van der Waals surface area contributed by atoms with Crippen LogP contribution in [0.1, 0.15) is 18.4 Å². The molecule has 29 heavy (non-hydrogen) atoms. The van der Waals surface area contributed by atoms with Gasteiger partial charge in [0.15, 0.2) is 0 Å². The van der Waals surface area contributed by atoms with Crippen LogP contribution in [0, 0.1) is 5.92 Å². The van der Waals surface area contributed by atoms with E-state index in [1.54, 1.807) is 25.3 Å². The van der Waals surface area contributed by atoms with Gasteiger partial charge in [-0.1, -0.05) is 54.1 Å². The number of rotatable bonds is 5. The van der Waals surface area contributed by atoms with Crippen LogP contribution >= 0.6 is 11.6 Å². The number of likely N-dealkylation sites (tertiary alicyclic amines) is 1. The number of benzene rings is 3. The maximum Gasteiger partial charge on any atom is 0.227 e. The molecule has 1 saturated heterocycles. The summed E-state index contributed by atoms with van der Waals surface area (Å²) in [5.41, 5.74) is 1.97. The lowest BCUT2D eigenvalue weighted by molar-refractivity contribution is -0.121. The van der Waals surface area contributed by atoms with Gasteiger partial charge in [0.05, 0.1) is 12.8 Å². The first-order valence-corrected chi connectivity index (χ1v) is 10.4. The third-order valence-corrected chi connectivity index (χ3v) is 5.89. The minimum absolute atomic E-state index is 0.00227. The minimum atomic E-state index is 0.00227. The highest BCUT2D eigenvalue weighted by Crippen LogP contribution is 2.29.